The third kappa shape index (κ3) is 3.51. The molecular formula is C19H19N3O2. The summed E-state index contributed by atoms with van der Waals surface area (Å²) in [5.41, 5.74) is 1.95. The van der Waals surface area contributed by atoms with E-state index >= 15 is 0 Å². The maximum absolute atomic E-state index is 12.6. The number of esters is 1. The van der Waals surface area contributed by atoms with E-state index in [0.717, 1.165) is 11.1 Å². The fourth-order valence-electron chi connectivity index (χ4n) is 2.29. The van der Waals surface area contributed by atoms with Crippen molar-refractivity contribution in [2.45, 2.75) is 26.4 Å². The van der Waals surface area contributed by atoms with Gasteiger partial charge in [0, 0.05) is 23.5 Å². The topological polar surface area (TPSA) is 67.9 Å². The van der Waals surface area contributed by atoms with Crippen molar-refractivity contribution < 1.29 is 9.53 Å². The van der Waals surface area contributed by atoms with E-state index in [2.05, 4.69) is 15.0 Å². The van der Waals surface area contributed by atoms with E-state index < -0.39 is 11.6 Å². The van der Waals surface area contributed by atoms with Crippen LogP contribution in [0.5, 0.6) is 0 Å². The zero-order chi connectivity index (χ0) is 17.2. The number of ether oxygens (including phenoxy) is 1. The van der Waals surface area contributed by atoms with Crippen molar-refractivity contribution in [3.8, 4) is 22.6 Å². The molecular weight excluding hydrogens is 302 g/mol. The third-order valence-electron chi connectivity index (χ3n) is 3.29. The highest BCUT2D eigenvalue weighted by Crippen LogP contribution is 2.27. The summed E-state index contributed by atoms with van der Waals surface area (Å²) in [5.74, 6) is 0.186. The smallest absolute Gasteiger partial charge is 0.357 e. The molecule has 0 saturated carbocycles. The molecule has 3 aromatic rings. The largest absolute Gasteiger partial charge is 0.455 e. The molecule has 2 aromatic heterocycles. The Hall–Kier alpha value is -2.95. The summed E-state index contributed by atoms with van der Waals surface area (Å²) in [6.07, 6.45) is 3.36. The number of pyridine rings is 1. The van der Waals surface area contributed by atoms with E-state index in [4.69, 9.17) is 4.74 Å². The van der Waals surface area contributed by atoms with Gasteiger partial charge in [0.25, 0.3) is 0 Å². The summed E-state index contributed by atoms with van der Waals surface area (Å²) in [6.45, 7) is 5.51. The van der Waals surface area contributed by atoms with Gasteiger partial charge in [-0.3, -0.25) is 4.98 Å². The van der Waals surface area contributed by atoms with Gasteiger partial charge in [-0.05, 0) is 32.9 Å². The number of rotatable bonds is 3. The number of benzene rings is 1. The highest BCUT2D eigenvalue weighted by molar-refractivity contribution is 5.95. The zero-order valence-electron chi connectivity index (χ0n) is 13.9. The van der Waals surface area contributed by atoms with Crippen LogP contribution in [0.25, 0.3) is 22.6 Å². The van der Waals surface area contributed by atoms with Crippen molar-refractivity contribution in [3.05, 3.63) is 60.6 Å². The van der Waals surface area contributed by atoms with Gasteiger partial charge < -0.3 is 9.72 Å². The molecule has 0 aliphatic heterocycles. The van der Waals surface area contributed by atoms with Crippen LogP contribution in [0.15, 0.2) is 54.9 Å². The van der Waals surface area contributed by atoms with E-state index in [-0.39, 0.29) is 0 Å². The van der Waals surface area contributed by atoms with Crippen LogP contribution >= 0.6 is 0 Å². The van der Waals surface area contributed by atoms with Crippen molar-refractivity contribution >= 4 is 5.97 Å². The monoisotopic (exact) mass is 321 g/mol. The van der Waals surface area contributed by atoms with Crippen molar-refractivity contribution in [1.82, 2.24) is 15.0 Å². The van der Waals surface area contributed by atoms with Crippen LogP contribution < -0.4 is 0 Å². The Morgan fingerprint density at radius 3 is 2.38 bits per heavy atom. The molecule has 0 fully saturated rings. The third-order valence-corrected chi connectivity index (χ3v) is 3.29. The maximum atomic E-state index is 12.6. The number of nitrogens with one attached hydrogen (secondary N) is 1. The highest BCUT2D eigenvalue weighted by Gasteiger charge is 2.25. The van der Waals surface area contributed by atoms with Crippen LogP contribution in [0, 0.1) is 0 Å². The lowest BCUT2D eigenvalue weighted by molar-refractivity contribution is 0.00645. The van der Waals surface area contributed by atoms with E-state index in [1.54, 1.807) is 12.4 Å². The van der Waals surface area contributed by atoms with Gasteiger partial charge in [-0.15, -0.1) is 0 Å². The van der Waals surface area contributed by atoms with Gasteiger partial charge in [0.2, 0.25) is 0 Å². The first-order valence-corrected chi connectivity index (χ1v) is 7.73. The Kier molecular flexibility index (Phi) is 4.16. The fraction of sp³-hybridized carbons (Fsp3) is 0.211. The minimum atomic E-state index is -0.582. The lowest BCUT2D eigenvalue weighted by atomic mass is 10.1. The summed E-state index contributed by atoms with van der Waals surface area (Å²) in [7, 11) is 0. The highest BCUT2D eigenvalue weighted by atomic mass is 16.6. The minimum absolute atomic E-state index is 0.330. The van der Waals surface area contributed by atoms with Gasteiger partial charge in [-0.1, -0.05) is 30.3 Å². The first kappa shape index (κ1) is 15.9. The zero-order valence-corrected chi connectivity index (χ0v) is 13.9. The first-order chi connectivity index (χ1) is 11.4. The lowest BCUT2D eigenvalue weighted by Gasteiger charge is -2.19. The predicted molar refractivity (Wildman–Crippen MR) is 92.4 cm³/mol. The normalized spacial score (nSPS) is 11.3. The molecule has 0 amide bonds. The summed E-state index contributed by atoms with van der Waals surface area (Å²) in [5, 5.41) is 0. The molecule has 1 N–H and O–H groups in total. The molecule has 0 spiro atoms. The molecule has 24 heavy (non-hydrogen) atoms. The molecule has 2 heterocycles. The van der Waals surface area contributed by atoms with Crippen LogP contribution in [0.4, 0.5) is 0 Å². The molecule has 0 aliphatic carbocycles. The summed E-state index contributed by atoms with van der Waals surface area (Å²) >= 11 is 0. The van der Waals surface area contributed by atoms with Crippen molar-refractivity contribution in [2.24, 2.45) is 0 Å². The van der Waals surface area contributed by atoms with E-state index in [1.165, 1.54) is 0 Å². The Morgan fingerprint density at radius 2 is 1.75 bits per heavy atom. The van der Waals surface area contributed by atoms with E-state index in [1.807, 2.05) is 63.2 Å². The number of imidazole rings is 1. The summed E-state index contributed by atoms with van der Waals surface area (Å²) in [4.78, 5) is 24.4. The van der Waals surface area contributed by atoms with Crippen molar-refractivity contribution in [2.75, 3.05) is 0 Å². The number of aromatic nitrogens is 3. The Bertz CT molecular complexity index is 834. The second-order valence-electron chi connectivity index (χ2n) is 6.42. The second-order valence-corrected chi connectivity index (χ2v) is 6.42. The Morgan fingerprint density at radius 1 is 1.04 bits per heavy atom. The number of carbonyl (C=O) groups excluding carboxylic acids is 1. The summed E-state index contributed by atoms with van der Waals surface area (Å²) < 4.78 is 5.50. The number of carbonyl (C=O) groups is 1. The molecule has 0 radical (unpaired) electrons. The lowest BCUT2D eigenvalue weighted by Crippen LogP contribution is -2.24. The van der Waals surface area contributed by atoms with Gasteiger partial charge in [0.05, 0.1) is 0 Å². The standard InChI is InChI=1S/C19H19N3O2/c1-19(2,3)24-18(23)16-15(14-10-7-11-20-12-14)21-17(22-16)13-8-5-4-6-9-13/h4-12H,1-3H3,(H,21,22). The van der Waals surface area contributed by atoms with Crippen LogP contribution in [0.3, 0.4) is 0 Å². The van der Waals surface area contributed by atoms with Gasteiger partial charge in [0.15, 0.2) is 5.69 Å². The van der Waals surface area contributed by atoms with Gasteiger partial charge in [-0.25, -0.2) is 9.78 Å². The average molecular weight is 321 g/mol. The van der Waals surface area contributed by atoms with E-state index in [9.17, 15) is 4.79 Å². The Balaban J connectivity index is 2.09. The number of aromatic amines is 1. The number of hydrogen-bond donors (Lipinski definition) is 1. The molecule has 122 valence electrons. The van der Waals surface area contributed by atoms with Crippen LogP contribution in [-0.2, 0) is 4.74 Å². The fourth-order valence-corrected chi connectivity index (χ4v) is 2.29. The van der Waals surface area contributed by atoms with Gasteiger partial charge in [0.1, 0.15) is 17.1 Å². The molecule has 0 aliphatic rings. The average Bonchev–Trinajstić information content (AvgIpc) is 3.00. The maximum Gasteiger partial charge on any atom is 0.357 e. The molecule has 5 nitrogen and oxygen atoms in total. The quantitative estimate of drug-likeness (QED) is 0.738. The molecule has 3 rings (SSSR count). The SMILES string of the molecule is CC(C)(C)OC(=O)c1[nH]c(-c2ccccc2)nc1-c1cccnc1. The first-order valence-electron chi connectivity index (χ1n) is 7.73. The molecule has 0 unspecified atom stereocenters. The second kappa shape index (κ2) is 6.28. The minimum Gasteiger partial charge on any atom is -0.455 e. The van der Waals surface area contributed by atoms with Gasteiger partial charge in [-0.2, -0.15) is 0 Å². The van der Waals surface area contributed by atoms with E-state index in [0.29, 0.717) is 17.2 Å². The van der Waals surface area contributed by atoms with Crippen molar-refractivity contribution in [3.63, 3.8) is 0 Å². The predicted octanol–water partition coefficient (Wildman–Crippen LogP) is 4.09. The molecule has 0 saturated heterocycles. The summed E-state index contributed by atoms with van der Waals surface area (Å²) in [6, 6.07) is 13.3. The molecule has 0 bridgehead atoms. The van der Waals surface area contributed by atoms with Crippen LogP contribution in [0.2, 0.25) is 0 Å². The van der Waals surface area contributed by atoms with Gasteiger partial charge >= 0.3 is 5.97 Å². The molecule has 1 aromatic carbocycles. The van der Waals surface area contributed by atoms with Crippen LogP contribution in [-0.4, -0.2) is 26.5 Å². The number of H-pyrrole nitrogens is 1. The van der Waals surface area contributed by atoms with Crippen LogP contribution in [0.1, 0.15) is 31.3 Å². The number of nitrogens with zero attached hydrogens (tertiary/aromatic N) is 2. The Labute approximate surface area is 140 Å². The molecule has 0 atom stereocenters. The van der Waals surface area contributed by atoms with Crippen molar-refractivity contribution in [1.29, 1.82) is 0 Å². The number of hydrogen-bond acceptors (Lipinski definition) is 4. The molecule has 5 heteroatoms.